The van der Waals surface area contributed by atoms with E-state index in [9.17, 15) is 0 Å². The number of aromatic nitrogens is 2. The fourth-order valence-corrected chi connectivity index (χ4v) is 5.16. The molecule has 35 heavy (non-hydrogen) atoms. The number of nitrogens with zero attached hydrogens (tertiary/aromatic N) is 2. The molecule has 2 aliphatic heterocycles. The Morgan fingerprint density at radius 3 is 1.51 bits per heavy atom. The Hall–Kier alpha value is -3.74. The lowest BCUT2D eigenvalue weighted by molar-refractivity contribution is 0.256. The van der Waals surface area contributed by atoms with Gasteiger partial charge in [0.2, 0.25) is 0 Å². The fourth-order valence-electron chi connectivity index (χ4n) is 5.16. The molecule has 2 aromatic heterocycles. The molecule has 2 aromatic carbocycles. The maximum atomic E-state index is 6.37. The van der Waals surface area contributed by atoms with E-state index < -0.39 is 5.41 Å². The van der Waals surface area contributed by atoms with Crippen LogP contribution < -0.4 is 9.47 Å². The normalized spacial score (nSPS) is 20.6. The first-order chi connectivity index (χ1) is 17.4. The highest BCUT2D eigenvalue weighted by Crippen LogP contribution is 2.58. The molecule has 3 aliphatic rings. The first kappa shape index (κ1) is 20.6. The van der Waals surface area contributed by atoms with Crippen LogP contribution in [0.1, 0.15) is 22.3 Å². The average Bonchev–Trinajstić information content (AvgIpc) is 3.85. The molecule has 4 heterocycles. The number of benzene rings is 2. The van der Waals surface area contributed by atoms with Crippen LogP contribution in [-0.2, 0) is 14.9 Å². The van der Waals surface area contributed by atoms with E-state index in [2.05, 4.69) is 36.4 Å². The van der Waals surface area contributed by atoms with Crippen LogP contribution in [0.25, 0.3) is 11.4 Å². The predicted molar refractivity (Wildman–Crippen MR) is 130 cm³/mol. The van der Waals surface area contributed by atoms with Gasteiger partial charge in [-0.2, -0.15) is 0 Å². The summed E-state index contributed by atoms with van der Waals surface area (Å²) in [5, 5.41) is 0. The second kappa shape index (κ2) is 8.18. The number of para-hydroxylation sites is 2. The average molecular weight is 465 g/mol. The minimum absolute atomic E-state index is 0.152. The summed E-state index contributed by atoms with van der Waals surface area (Å²) < 4.78 is 23.6. The van der Waals surface area contributed by atoms with Crippen molar-refractivity contribution in [2.45, 2.75) is 17.6 Å². The third kappa shape index (κ3) is 3.40. The van der Waals surface area contributed by atoms with Crippen LogP contribution in [-0.4, -0.2) is 48.6 Å². The van der Waals surface area contributed by atoms with Crippen molar-refractivity contribution in [2.75, 3.05) is 26.4 Å². The molecule has 2 unspecified atom stereocenters. The highest BCUT2D eigenvalue weighted by Gasteiger charge is 2.50. The van der Waals surface area contributed by atoms with Crippen molar-refractivity contribution < 1.29 is 18.9 Å². The third-order valence-electron chi connectivity index (χ3n) is 6.88. The maximum absolute atomic E-state index is 6.37. The Morgan fingerprint density at radius 1 is 0.629 bits per heavy atom. The SMILES string of the molecule is c1ccc(C2(c3ccccc3OCC3CO3)c3cccnc3-c3ncccc32)c(OCC2CO2)c1. The van der Waals surface area contributed by atoms with Gasteiger partial charge in [-0.1, -0.05) is 48.5 Å². The number of ether oxygens (including phenoxy) is 4. The Bertz CT molecular complexity index is 1290. The summed E-state index contributed by atoms with van der Waals surface area (Å²) in [6, 6.07) is 24.8. The van der Waals surface area contributed by atoms with E-state index in [0.717, 1.165) is 58.4 Å². The Balaban J connectivity index is 1.51. The van der Waals surface area contributed by atoms with Crippen LogP contribution in [0.15, 0.2) is 85.2 Å². The molecule has 0 bridgehead atoms. The molecular formula is C29H24N2O4. The first-order valence-electron chi connectivity index (χ1n) is 11.9. The van der Waals surface area contributed by atoms with Crippen molar-refractivity contribution in [3.63, 3.8) is 0 Å². The van der Waals surface area contributed by atoms with Gasteiger partial charge in [0, 0.05) is 23.5 Å². The van der Waals surface area contributed by atoms with Crippen LogP contribution in [0.2, 0.25) is 0 Å². The summed E-state index contributed by atoms with van der Waals surface area (Å²) >= 11 is 0. The van der Waals surface area contributed by atoms with Gasteiger partial charge >= 0.3 is 0 Å². The van der Waals surface area contributed by atoms with Gasteiger partial charge < -0.3 is 18.9 Å². The number of rotatable bonds is 8. The van der Waals surface area contributed by atoms with E-state index in [0.29, 0.717) is 13.2 Å². The van der Waals surface area contributed by atoms with Crippen molar-refractivity contribution in [3.05, 3.63) is 107 Å². The van der Waals surface area contributed by atoms with E-state index >= 15 is 0 Å². The molecular weight excluding hydrogens is 440 g/mol. The molecule has 2 saturated heterocycles. The summed E-state index contributed by atoms with van der Waals surface area (Å²) in [5.41, 5.74) is 5.22. The smallest absolute Gasteiger partial charge is 0.124 e. The molecule has 2 fully saturated rings. The molecule has 6 nitrogen and oxygen atoms in total. The van der Waals surface area contributed by atoms with Gasteiger partial charge in [0.1, 0.15) is 36.9 Å². The van der Waals surface area contributed by atoms with Crippen LogP contribution in [0, 0.1) is 0 Å². The van der Waals surface area contributed by atoms with Crippen LogP contribution in [0.4, 0.5) is 0 Å². The van der Waals surface area contributed by atoms with Crippen molar-refractivity contribution in [2.24, 2.45) is 0 Å². The third-order valence-corrected chi connectivity index (χ3v) is 6.88. The first-order valence-corrected chi connectivity index (χ1v) is 11.9. The standard InChI is InChI=1S/C29H24N2O4/c1-3-11-25(34-17-19-15-32-19)21(7-1)29(22-8-2-4-12-26(22)35-18-20-16-33-20)23-9-5-13-30-27(23)28-24(29)10-6-14-31-28/h1-14,19-20H,15-18H2. The summed E-state index contributed by atoms with van der Waals surface area (Å²) in [6.07, 6.45) is 3.96. The number of pyridine rings is 2. The van der Waals surface area contributed by atoms with Crippen LogP contribution in [0.3, 0.4) is 0 Å². The van der Waals surface area contributed by atoms with E-state index in [1.807, 2.05) is 48.8 Å². The minimum atomic E-state index is -0.713. The monoisotopic (exact) mass is 464 g/mol. The van der Waals surface area contributed by atoms with Crippen LogP contribution in [0.5, 0.6) is 11.5 Å². The molecule has 0 amide bonds. The maximum Gasteiger partial charge on any atom is 0.124 e. The number of fused-ring (bicyclic) bond motifs is 3. The molecule has 0 saturated carbocycles. The molecule has 7 rings (SSSR count). The van der Waals surface area contributed by atoms with Gasteiger partial charge in [-0.15, -0.1) is 0 Å². The Labute approximate surface area is 203 Å². The van der Waals surface area contributed by atoms with E-state index in [1.54, 1.807) is 0 Å². The molecule has 6 heteroatoms. The van der Waals surface area contributed by atoms with E-state index in [1.165, 1.54) is 0 Å². The minimum Gasteiger partial charge on any atom is -0.490 e. The summed E-state index contributed by atoms with van der Waals surface area (Å²) in [7, 11) is 0. The lowest BCUT2D eigenvalue weighted by Crippen LogP contribution is -2.30. The lowest BCUT2D eigenvalue weighted by Gasteiger charge is -2.35. The number of hydrogen-bond acceptors (Lipinski definition) is 6. The van der Waals surface area contributed by atoms with Crippen molar-refractivity contribution in [1.29, 1.82) is 0 Å². The van der Waals surface area contributed by atoms with Gasteiger partial charge in [-0.25, -0.2) is 0 Å². The Morgan fingerprint density at radius 2 is 1.06 bits per heavy atom. The highest BCUT2D eigenvalue weighted by atomic mass is 16.6. The molecule has 0 radical (unpaired) electrons. The quantitative estimate of drug-likeness (QED) is 0.317. The molecule has 1 aliphatic carbocycles. The summed E-state index contributed by atoms with van der Waals surface area (Å²) in [4.78, 5) is 9.58. The second-order valence-corrected chi connectivity index (χ2v) is 9.07. The molecule has 2 atom stereocenters. The van der Waals surface area contributed by atoms with Crippen molar-refractivity contribution in [3.8, 4) is 22.9 Å². The van der Waals surface area contributed by atoms with Crippen LogP contribution >= 0.6 is 0 Å². The molecule has 4 aromatic rings. The zero-order chi connectivity index (χ0) is 23.2. The lowest BCUT2D eigenvalue weighted by atomic mass is 9.67. The zero-order valence-corrected chi connectivity index (χ0v) is 19.1. The second-order valence-electron chi connectivity index (χ2n) is 9.07. The molecule has 174 valence electrons. The van der Waals surface area contributed by atoms with Gasteiger partial charge in [0.15, 0.2) is 0 Å². The zero-order valence-electron chi connectivity index (χ0n) is 19.1. The number of epoxide rings is 2. The van der Waals surface area contributed by atoms with Gasteiger partial charge in [-0.05, 0) is 35.4 Å². The van der Waals surface area contributed by atoms with Gasteiger partial charge in [0.25, 0.3) is 0 Å². The van der Waals surface area contributed by atoms with E-state index in [4.69, 9.17) is 28.9 Å². The summed E-state index contributed by atoms with van der Waals surface area (Å²) in [6.45, 7) is 2.52. The Kier molecular flexibility index (Phi) is 4.82. The highest BCUT2D eigenvalue weighted by molar-refractivity contribution is 5.83. The largest absolute Gasteiger partial charge is 0.490 e. The number of hydrogen-bond donors (Lipinski definition) is 0. The van der Waals surface area contributed by atoms with Crippen molar-refractivity contribution >= 4 is 0 Å². The van der Waals surface area contributed by atoms with Gasteiger partial charge in [0.05, 0.1) is 30.0 Å². The molecule has 0 spiro atoms. The van der Waals surface area contributed by atoms with E-state index in [-0.39, 0.29) is 12.2 Å². The topological polar surface area (TPSA) is 69.3 Å². The predicted octanol–water partition coefficient (Wildman–Crippen LogP) is 4.39. The molecule has 0 N–H and O–H groups in total. The van der Waals surface area contributed by atoms with Gasteiger partial charge in [-0.3, -0.25) is 9.97 Å². The van der Waals surface area contributed by atoms with Crippen molar-refractivity contribution in [1.82, 2.24) is 9.97 Å². The summed E-state index contributed by atoms with van der Waals surface area (Å²) in [5.74, 6) is 1.63. The fraction of sp³-hybridized carbons (Fsp3) is 0.241.